The average molecular weight is 412 g/mol. The third-order valence-corrected chi connectivity index (χ3v) is 5.10. The summed E-state index contributed by atoms with van der Waals surface area (Å²) in [5.74, 6) is -1.42. The van der Waals surface area contributed by atoms with E-state index >= 15 is 0 Å². The van der Waals surface area contributed by atoms with Crippen LogP contribution >= 0.6 is 23.7 Å². The summed E-state index contributed by atoms with van der Waals surface area (Å²) < 4.78 is 14.7. The van der Waals surface area contributed by atoms with E-state index in [1.807, 2.05) is 4.90 Å². The van der Waals surface area contributed by atoms with E-state index in [1.165, 1.54) is 16.0 Å². The zero-order chi connectivity index (χ0) is 18.4. The van der Waals surface area contributed by atoms with Crippen molar-refractivity contribution in [3.8, 4) is 5.13 Å². The number of aromatic nitrogens is 3. The summed E-state index contributed by atoms with van der Waals surface area (Å²) in [6.45, 7) is 1.38. The summed E-state index contributed by atoms with van der Waals surface area (Å²) in [6, 6.07) is 3.26. The second-order valence-corrected chi connectivity index (χ2v) is 6.87. The van der Waals surface area contributed by atoms with E-state index in [9.17, 15) is 19.1 Å². The fourth-order valence-electron chi connectivity index (χ4n) is 3.02. The molecule has 0 aliphatic carbocycles. The van der Waals surface area contributed by atoms with Gasteiger partial charge in [0.05, 0.1) is 5.39 Å². The molecule has 3 aromatic heterocycles. The molecule has 142 valence electrons. The Morgan fingerprint density at radius 1 is 1.37 bits per heavy atom. The maximum atomic E-state index is 13.4. The minimum absolute atomic E-state index is 0. The number of rotatable bonds is 3. The molecule has 0 aromatic carbocycles. The molecule has 1 atom stereocenters. The van der Waals surface area contributed by atoms with Crippen LogP contribution < -0.4 is 16.1 Å². The summed E-state index contributed by atoms with van der Waals surface area (Å²) in [6.07, 6.45) is 1.97. The van der Waals surface area contributed by atoms with Gasteiger partial charge in [0, 0.05) is 30.7 Å². The summed E-state index contributed by atoms with van der Waals surface area (Å²) in [5.41, 5.74) is 5.10. The fourth-order valence-corrected chi connectivity index (χ4v) is 3.67. The lowest BCUT2D eigenvalue weighted by atomic mass is 10.2. The molecule has 27 heavy (non-hydrogen) atoms. The Kier molecular flexibility index (Phi) is 5.13. The molecule has 4 heterocycles. The van der Waals surface area contributed by atoms with Gasteiger partial charge in [0.25, 0.3) is 0 Å². The van der Waals surface area contributed by atoms with Gasteiger partial charge in [-0.3, -0.25) is 9.36 Å². The van der Waals surface area contributed by atoms with Gasteiger partial charge in [-0.15, -0.1) is 23.7 Å². The van der Waals surface area contributed by atoms with Gasteiger partial charge in [-0.25, -0.2) is 9.78 Å². The van der Waals surface area contributed by atoms with Crippen molar-refractivity contribution in [2.75, 3.05) is 18.0 Å². The van der Waals surface area contributed by atoms with E-state index in [-0.39, 0.29) is 34.6 Å². The van der Waals surface area contributed by atoms with Crippen LogP contribution in [0.2, 0.25) is 0 Å². The van der Waals surface area contributed by atoms with Gasteiger partial charge in [0.2, 0.25) is 11.4 Å². The van der Waals surface area contributed by atoms with E-state index < -0.39 is 22.9 Å². The Morgan fingerprint density at radius 2 is 2.15 bits per heavy atom. The molecule has 11 heteroatoms. The molecule has 3 N–H and O–H groups in total. The molecule has 0 amide bonds. The highest BCUT2D eigenvalue weighted by atomic mass is 35.5. The predicted molar refractivity (Wildman–Crippen MR) is 102 cm³/mol. The summed E-state index contributed by atoms with van der Waals surface area (Å²) in [5, 5.41) is 10.8. The van der Waals surface area contributed by atoms with Crippen molar-refractivity contribution in [1.29, 1.82) is 0 Å². The number of anilines is 1. The largest absolute Gasteiger partial charge is 0.477 e. The molecule has 0 radical (unpaired) electrons. The van der Waals surface area contributed by atoms with Crippen LogP contribution in [-0.4, -0.2) is 44.7 Å². The van der Waals surface area contributed by atoms with Crippen molar-refractivity contribution in [3.63, 3.8) is 0 Å². The van der Waals surface area contributed by atoms with Crippen molar-refractivity contribution in [1.82, 2.24) is 14.5 Å². The van der Waals surface area contributed by atoms with E-state index in [0.717, 1.165) is 30.5 Å². The van der Waals surface area contributed by atoms with Crippen molar-refractivity contribution >= 4 is 46.6 Å². The van der Waals surface area contributed by atoms with Crippen LogP contribution in [0.3, 0.4) is 0 Å². The summed E-state index contributed by atoms with van der Waals surface area (Å²) >= 11 is 0.991. The molecule has 8 nitrogen and oxygen atoms in total. The minimum Gasteiger partial charge on any atom is -0.477 e. The first kappa shape index (κ1) is 19.2. The number of thiazole rings is 1. The smallest absolute Gasteiger partial charge is 0.341 e. The van der Waals surface area contributed by atoms with Crippen molar-refractivity contribution < 1.29 is 14.3 Å². The number of aromatic carboxylic acids is 1. The molecule has 1 fully saturated rings. The Balaban J connectivity index is 0.00000210. The topological polar surface area (TPSA) is 114 Å². The lowest BCUT2D eigenvalue weighted by molar-refractivity contribution is 0.0695. The molecular formula is C16H15ClFN5O3S. The number of nitrogens with zero attached hydrogens (tertiary/aromatic N) is 4. The number of carbonyl (C=O) groups is 1. The molecule has 1 aliphatic rings. The summed E-state index contributed by atoms with van der Waals surface area (Å²) in [4.78, 5) is 34.2. The molecule has 3 aromatic rings. The normalized spacial score (nSPS) is 16.5. The monoisotopic (exact) mass is 411 g/mol. The van der Waals surface area contributed by atoms with Crippen LogP contribution in [0, 0.1) is 5.95 Å². The Morgan fingerprint density at radius 3 is 2.74 bits per heavy atom. The van der Waals surface area contributed by atoms with Gasteiger partial charge >= 0.3 is 5.97 Å². The summed E-state index contributed by atoms with van der Waals surface area (Å²) in [7, 11) is 0. The van der Waals surface area contributed by atoms with Gasteiger partial charge in [0.15, 0.2) is 10.8 Å². The third-order valence-electron chi connectivity index (χ3n) is 4.29. The zero-order valence-electron chi connectivity index (χ0n) is 13.8. The fraction of sp³-hybridized carbons (Fsp3) is 0.250. The second-order valence-electron chi connectivity index (χ2n) is 6.04. The van der Waals surface area contributed by atoms with Gasteiger partial charge in [-0.2, -0.15) is 9.37 Å². The highest BCUT2D eigenvalue weighted by molar-refractivity contribution is 7.12. The molecule has 1 saturated heterocycles. The first-order valence-electron chi connectivity index (χ1n) is 7.85. The highest BCUT2D eigenvalue weighted by Crippen LogP contribution is 2.24. The maximum Gasteiger partial charge on any atom is 0.341 e. The number of hydrogen-bond acceptors (Lipinski definition) is 7. The molecule has 1 aliphatic heterocycles. The first-order chi connectivity index (χ1) is 12.4. The van der Waals surface area contributed by atoms with Gasteiger partial charge in [-0.05, 0) is 18.6 Å². The number of nitrogens with two attached hydrogens (primary N) is 1. The first-order valence-corrected chi connectivity index (χ1v) is 8.73. The van der Waals surface area contributed by atoms with E-state index in [1.54, 1.807) is 6.07 Å². The molecule has 0 bridgehead atoms. The maximum absolute atomic E-state index is 13.4. The lowest BCUT2D eigenvalue weighted by Crippen LogP contribution is -2.27. The van der Waals surface area contributed by atoms with Crippen LogP contribution in [-0.2, 0) is 0 Å². The highest BCUT2D eigenvalue weighted by Gasteiger charge is 2.23. The average Bonchev–Trinajstić information content (AvgIpc) is 3.23. The molecule has 0 saturated carbocycles. The minimum atomic E-state index is -1.36. The quantitative estimate of drug-likeness (QED) is 0.673. The van der Waals surface area contributed by atoms with Gasteiger partial charge in [-0.1, -0.05) is 0 Å². The van der Waals surface area contributed by atoms with E-state index in [2.05, 4.69) is 9.97 Å². The van der Waals surface area contributed by atoms with Crippen LogP contribution in [0.5, 0.6) is 0 Å². The molecular weight excluding hydrogens is 397 g/mol. The standard InChI is InChI=1S/C16H14FN5O3S.ClH/c17-11-7-26-16(19-11)22-6-10(15(24)25)13(23)9-1-2-12(20-14(9)22)21-4-3-8(18)5-21;/h1-2,6-8H,3-5,18H2,(H,24,25);1H. The number of carboxylic acids is 1. The predicted octanol–water partition coefficient (Wildman–Crippen LogP) is 1.64. The Hall–Kier alpha value is -2.56. The number of halogens is 2. The third kappa shape index (κ3) is 3.38. The van der Waals surface area contributed by atoms with Crippen molar-refractivity contribution in [2.45, 2.75) is 12.5 Å². The SMILES string of the molecule is Cl.NC1CCN(c2ccc3c(=O)c(C(=O)O)cn(-c4nc(F)cs4)c3n2)C1. The van der Waals surface area contributed by atoms with Crippen LogP contribution in [0.15, 0.2) is 28.5 Å². The van der Waals surface area contributed by atoms with Crippen LogP contribution in [0.25, 0.3) is 16.2 Å². The molecule has 1 unspecified atom stereocenters. The van der Waals surface area contributed by atoms with E-state index in [4.69, 9.17) is 5.73 Å². The van der Waals surface area contributed by atoms with E-state index in [0.29, 0.717) is 12.4 Å². The van der Waals surface area contributed by atoms with Crippen LogP contribution in [0.1, 0.15) is 16.8 Å². The molecule has 0 spiro atoms. The van der Waals surface area contributed by atoms with Gasteiger partial charge < -0.3 is 15.7 Å². The molecule has 4 rings (SSSR count). The zero-order valence-corrected chi connectivity index (χ0v) is 15.5. The van der Waals surface area contributed by atoms with Crippen LogP contribution in [0.4, 0.5) is 10.2 Å². The number of hydrogen-bond donors (Lipinski definition) is 2. The number of fused-ring (bicyclic) bond motifs is 1. The second kappa shape index (κ2) is 7.22. The number of pyridine rings is 2. The Bertz CT molecular complexity index is 1090. The van der Waals surface area contributed by atoms with Gasteiger partial charge in [0.1, 0.15) is 11.4 Å². The van der Waals surface area contributed by atoms with Crippen molar-refractivity contribution in [3.05, 3.63) is 45.4 Å². The lowest BCUT2D eigenvalue weighted by Gasteiger charge is -2.18. The number of carboxylic acid groups (broad SMARTS) is 1. The van der Waals surface area contributed by atoms with Crippen molar-refractivity contribution in [2.24, 2.45) is 5.73 Å². The Labute approximate surface area is 162 Å².